The van der Waals surface area contributed by atoms with E-state index in [4.69, 9.17) is 22.7 Å². The van der Waals surface area contributed by atoms with E-state index in [1.54, 1.807) is 24.3 Å². The van der Waals surface area contributed by atoms with E-state index in [0.717, 1.165) is 0 Å². The van der Waals surface area contributed by atoms with E-state index in [-0.39, 0.29) is 23.3 Å². The number of benzene rings is 1. The predicted octanol–water partition coefficient (Wildman–Crippen LogP) is 1.14. The Morgan fingerprint density at radius 3 is 2.79 bits per heavy atom. The molecule has 2 N–H and O–H groups in total. The SMILES string of the molecule is CC1CN(c2ccccc2OCC(N)=S)S(=O)(=O)C1. The number of rotatable bonds is 4. The normalized spacial score (nSPS) is 21.3. The van der Waals surface area contributed by atoms with E-state index < -0.39 is 10.0 Å². The molecule has 0 radical (unpaired) electrons. The van der Waals surface area contributed by atoms with Gasteiger partial charge in [0, 0.05) is 6.54 Å². The first-order chi connectivity index (χ1) is 8.90. The summed E-state index contributed by atoms with van der Waals surface area (Å²) in [6.07, 6.45) is 0. The molecule has 1 fully saturated rings. The van der Waals surface area contributed by atoms with Gasteiger partial charge in [-0.2, -0.15) is 0 Å². The lowest BCUT2D eigenvalue weighted by atomic mass is 10.2. The highest BCUT2D eigenvalue weighted by Gasteiger charge is 2.35. The molecule has 1 aliphatic rings. The molecule has 19 heavy (non-hydrogen) atoms. The van der Waals surface area contributed by atoms with Crippen LogP contribution in [-0.2, 0) is 10.0 Å². The Bertz CT molecular complexity index is 586. The molecular weight excluding hydrogens is 284 g/mol. The average Bonchev–Trinajstić information content (AvgIpc) is 2.60. The molecule has 1 heterocycles. The summed E-state index contributed by atoms with van der Waals surface area (Å²) in [4.78, 5) is 0.229. The Hall–Kier alpha value is -1.34. The van der Waals surface area contributed by atoms with Crippen LogP contribution in [0.5, 0.6) is 5.75 Å². The zero-order valence-corrected chi connectivity index (χ0v) is 12.2. The van der Waals surface area contributed by atoms with Crippen molar-refractivity contribution in [3.63, 3.8) is 0 Å². The molecule has 0 spiro atoms. The molecule has 0 aromatic heterocycles. The molecule has 1 aliphatic heterocycles. The molecule has 2 rings (SSSR count). The van der Waals surface area contributed by atoms with Crippen LogP contribution in [0.4, 0.5) is 5.69 Å². The number of nitrogens with two attached hydrogens (primary N) is 1. The number of anilines is 1. The van der Waals surface area contributed by atoms with Crippen LogP contribution in [0, 0.1) is 5.92 Å². The summed E-state index contributed by atoms with van der Waals surface area (Å²) in [5.41, 5.74) is 5.94. The maximum Gasteiger partial charge on any atom is 0.235 e. The Labute approximate surface area is 118 Å². The van der Waals surface area contributed by atoms with Crippen molar-refractivity contribution in [2.24, 2.45) is 11.7 Å². The fraction of sp³-hybridized carbons (Fsp3) is 0.417. The van der Waals surface area contributed by atoms with Crippen LogP contribution in [0.25, 0.3) is 0 Å². The molecule has 1 unspecified atom stereocenters. The van der Waals surface area contributed by atoms with Crippen molar-refractivity contribution >= 4 is 32.9 Å². The number of ether oxygens (including phenoxy) is 1. The number of hydrogen-bond acceptors (Lipinski definition) is 4. The lowest BCUT2D eigenvalue weighted by Crippen LogP contribution is -2.26. The van der Waals surface area contributed by atoms with Crippen molar-refractivity contribution in [2.75, 3.05) is 23.2 Å². The van der Waals surface area contributed by atoms with Crippen LogP contribution in [0.2, 0.25) is 0 Å². The van der Waals surface area contributed by atoms with Gasteiger partial charge in [0.2, 0.25) is 10.0 Å². The van der Waals surface area contributed by atoms with Gasteiger partial charge in [0.25, 0.3) is 0 Å². The molecule has 1 aromatic rings. The zero-order chi connectivity index (χ0) is 14.0. The number of thiocarbonyl (C=S) groups is 1. The number of nitrogens with zero attached hydrogens (tertiary/aromatic N) is 1. The van der Waals surface area contributed by atoms with E-state index in [9.17, 15) is 8.42 Å². The van der Waals surface area contributed by atoms with Gasteiger partial charge in [0.05, 0.1) is 11.4 Å². The second-order valence-electron chi connectivity index (χ2n) is 4.64. The van der Waals surface area contributed by atoms with E-state index in [1.807, 2.05) is 6.92 Å². The summed E-state index contributed by atoms with van der Waals surface area (Å²) >= 11 is 4.76. The molecule has 0 amide bonds. The van der Waals surface area contributed by atoms with Crippen LogP contribution in [0.3, 0.4) is 0 Å². The smallest absolute Gasteiger partial charge is 0.235 e. The molecule has 104 valence electrons. The minimum atomic E-state index is -3.26. The van der Waals surface area contributed by atoms with Gasteiger partial charge in [-0.15, -0.1) is 0 Å². The van der Waals surface area contributed by atoms with Gasteiger partial charge >= 0.3 is 0 Å². The maximum absolute atomic E-state index is 12.1. The summed E-state index contributed by atoms with van der Waals surface area (Å²) in [5.74, 6) is 0.748. The van der Waals surface area contributed by atoms with E-state index in [2.05, 4.69) is 0 Å². The predicted molar refractivity (Wildman–Crippen MR) is 79.0 cm³/mol. The fourth-order valence-electron chi connectivity index (χ4n) is 2.08. The molecule has 7 heteroatoms. The summed E-state index contributed by atoms with van der Waals surface area (Å²) < 4.78 is 31.0. The van der Waals surface area contributed by atoms with E-state index in [1.165, 1.54) is 4.31 Å². The molecule has 0 bridgehead atoms. The van der Waals surface area contributed by atoms with Gasteiger partial charge in [0.15, 0.2) is 0 Å². The van der Waals surface area contributed by atoms with Crippen molar-refractivity contribution in [2.45, 2.75) is 6.92 Å². The maximum atomic E-state index is 12.1. The van der Waals surface area contributed by atoms with Crippen LogP contribution < -0.4 is 14.8 Å². The van der Waals surface area contributed by atoms with Gasteiger partial charge in [-0.25, -0.2) is 8.42 Å². The topological polar surface area (TPSA) is 72.6 Å². The van der Waals surface area contributed by atoms with Gasteiger partial charge < -0.3 is 10.5 Å². The number of para-hydroxylation sites is 2. The second kappa shape index (κ2) is 5.34. The Balaban J connectivity index is 2.32. The third-order valence-corrected chi connectivity index (χ3v) is 4.94. The van der Waals surface area contributed by atoms with E-state index in [0.29, 0.717) is 18.0 Å². The van der Waals surface area contributed by atoms with E-state index >= 15 is 0 Å². The van der Waals surface area contributed by atoms with Gasteiger partial charge in [0.1, 0.15) is 17.3 Å². The summed E-state index contributed by atoms with van der Waals surface area (Å²) in [6.45, 7) is 2.47. The molecule has 1 saturated heterocycles. The lowest BCUT2D eigenvalue weighted by Gasteiger charge is -2.20. The highest BCUT2D eigenvalue weighted by molar-refractivity contribution is 7.93. The molecule has 1 aromatic carbocycles. The van der Waals surface area contributed by atoms with Crippen LogP contribution in [0.15, 0.2) is 24.3 Å². The largest absolute Gasteiger partial charge is 0.484 e. The quantitative estimate of drug-likeness (QED) is 0.844. The first-order valence-electron chi connectivity index (χ1n) is 5.90. The lowest BCUT2D eigenvalue weighted by molar-refractivity contribution is 0.378. The Morgan fingerprint density at radius 1 is 1.53 bits per heavy atom. The van der Waals surface area contributed by atoms with Crippen LogP contribution >= 0.6 is 12.2 Å². The van der Waals surface area contributed by atoms with Gasteiger partial charge in [-0.3, -0.25) is 4.31 Å². The summed E-state index contributed by atoms with van der Waals surface area (Å²) in [5, 5.41) is 0. The minimum absolute atomic E-state index is 0.0930. The zero-order valence-electron chi connectivity index (χ0n) is 10.6. The molecule has 0 saturated carbocycles. The van der Waals surface area contributed by atoms with Crippen molar-refractivity contribution < 1.29 is 13.2 Å². The first-order valence-corrected chi connectivity index (χ1v) is 7.92. The third-order valence-electron chi connectivity index (χ3n) is 2.81. The first kappa shape index (κ1) is 14.1. The van der Waals surface area contributed by atoms with Crippen LogP contribution in [0.1, 0.15) is 6.92 Å². The molecule has 0 aliphatic carbocycles. The molecule has 1 atom stereocenters. The number of hydrogen-bond donors (Lipinski definition) is 1. The standard InChI is InChI=1S/C12H16N2O3S2/c1-9-6-14(19(15,16)8-9)10-4-2-3-5-11(10)17-7-12(13)18/h2-5,9H,6-8H2,1H3,(H2,13,18). The monoisotopic (exact) mass is 300 g/mol. The highest BCUT2D eigenvalue weighted by Crippen LogP contribution is 2.34. The highest BCUT2D eigenvalue weighted by atomic mass is 32.2. The van der Waals surface area contributed by atoms with Crippen molar-refractivity contribution in [3.8, 4) is 5.75 Å². The van der Waals surface area contributed by atoms with Crippen molar-refractivity contribution in [3.05, 3.63) is 24.3 Å². The third kappa shape index (κ3) is 3.16. The average molecular weight is 300 g/mol. The molecule has 5 nitrogen and oxygen atoms in total. The minimum Gasteiger partial charge on any atom is -0.484 e. The van der Waals surface area contributed by atoms with Gasteiger partial charge in [-0.1, -0.05) is 31.3 Å². The fourth-order valence-corrected chi connectivity index (χ4v) is 4.08. The number of sulfonamides is 1. The summed E-state index contributed by atoms with van der Waals surface area (Å²) in [7, 11) is -3.26. The molecular formula is C12H16N2O3S2. The summed E-state index contributed by atoms with van der Waals surface area (Å²) in [6, 6.07) is 7.00. The Morgan fingerprint density at radius 2 is 2.21 bits per heavy atom. The van der Waals surface area contributed by atoms with Crippen molar-refractivity contribution in [1.82, 2.24) is 0 Å². The van der Waals surface area contributed by atoms with Crippen molar-refractivity contribution in [1.29, 1.82) is 0 Å². The van der Waals surface area contributed by atoms with Crippen LogP contribution in [-0.4, -0.2) is 32.3 Å². The second-order valence-corrected chi connectivity index (χ2v) is 7.10. The van der Waals surface area contributed by atoms with Gasteiger partial charge in [-0.05, 0) is 18.1 Å². The Kier molecular flexibility index (Phi) is 3.96.